The molecule has 0 aliphatic rings. The van der Waals surface area contributed by atoms with Gasteiger partial charge in [0.15, 0.2) is 0 Å². The second kappa shape index (κ2) is 7.56. The first-order chi connectivity index (χ1) is 7.12. The molecule has 0 unspecified atom stereocenters. The van der Waals surface area contributed by atoms with Gasteiger partial charge in [-0.1, -0.05) is 6.92 Å². The van der Waals surface area contributed by atoms with Crippen LogP contribution in [0.1, 0.15) is 20.3 Å². The van der Waals surface area contributed by atoms with E-state index >= 15 is 0 Å². The van der Waals surface area contributed by atoms with Crippen molar-refractivity contribution in [1.82, 2.24) is 0 Å². The lowest BCUT2D eigenvalue weighted by Crippen LogP contribution is -2.34. The molecule has 88 valence electrons. The normalized spacial score (nSPS) is 14.1. The number of carbonyl (C=O) groups is 2. The van der Waals surface area contributed by atoms with E-state index in [9.17, 15) is 9.59 Å². The van der Waals surface area contributed by atoms with E-state index in [4.69, 9.17) is 4.74 Å². The number of methoxy groups -OCH3 is 1. The van der Waals surface area contributed by atoms with Gasteiger partial charge in [-0.15, -0.1) is 11.8 Å². The molecule has 0 spiro atoms. The molecule has 0 N–H and O–H groups in total. The van der Waals surface area contributed by atoms with Crippen molar-refractivity contribution >= 4 is 23.7 Å². The van der Waals surface area contributed by atoms with Gasteiger partial charge in [0.05, 0.1) is 19.6 Å². The third-order valence-electron chi connectivity index (χ3n) is 2.08. The van der Waals surface area contributed by atoms with Gasteiger partial charge >= 0.3 is 11.9 Å². The first-order valence-corrected chi connectivity index (χ1v) is 6.18. The zero-order valence-corrected chi connectivity index (χ0v) is 10.4. The summed E-state index contributed by atoms with van der Waals surface area (Å²) in [5.74, 6) is -1.13. The lowest BCUT2D eigenvalue weighted by atomic mass is 10.0. The highest BCUT2D eigenvalue weighted by molar-refractivity contribution is 7.99. The van der Waals surface area contributed by atoms with Crippen LogP contribution in [0.2, 0.25) is 0 Å². The summed E-state index contributed by atoms with van der Waals surface area (Å²) in [7, 11) is 1.33. The summed E-state index contributed by atoms with van der Waals surface area (Å²) in [5.41, 5.74) is 0. The van der Waals surface area contributed by atoms with E-state index < -0.39 is 11.2 Å². The predicted octanol–water partition coefficient (Wildman–Crippen LogP) is 1.48. The number of hydrogen-bond acceptors (Lipinski definition) is 5. The molecule has 2 atom stereocenters. The van der Waals surface area contributed by atoms with Gasteiger partial charge in [-0.05, 0) is 19.6 Å². The van der Waals surface area contributed by atoms with Crippen LogP contribution in [-0.4, -0.2) is 37.2 Å². The Morgan fingerprint density at radius 1 is 1.27 bits per heavy atom. The monoisotopic (exact) mass is 234 g/mol. The fourth-order valence-electron chi connectivity index (χ4n) is 1.30. The van der Waals surface area contributed by atoms with E-state index in [1.807, 2.05) is 6.92 Å². The summed E-state index contributed by atoms with van der Waals surface area (Å²) in [6, 6.07) is 0. The van der Waals surface area contributed by atoms with Crippen LogP contribution < -0.4 is 0 Å². The average molecular weight is 234 g/mol. The standard InChI is InChI=1S/C10H18O4S/c1-5-7(9(11)13-3)8(15-4)10(12)14-6-2/h7-8H,5-6H2,1-4H3/t7-,8+/m1/s1. The van der Waals surface area contributed by atoms with Crippen molar-refractivity contribution in [3.8, 4) is 0 Å². The Hall–Kier alpha value is -0.710. The number of rotatable bonds is 6. The van der Waals surface area contributed by atoms with Crippen molar-refractivity contribution in [2.75, 3.05) is 20.0 Å². The zero-order chi connectivity index (χ0) is 11.8. The van der Waals surface area contributed by atoms with E-state index in [0.29, 0.717) is 13.0 Å². The Bertz CT molecular complexity index is 217. The number of hydrogen-bond donors (Lipinski definition) is 0. The minimum absolute atomic E-state index is 0.327. The van der Waals surface area contributed by atoms with Crippen LogP contribution in [0.3, 0.4) is 0 Å². The quantitative estimate of drug-likeness (QED) is 0.652. The lowest BCUT2D eigenvalue weighted by Gasteiger charge is -2.20. The van der Waals surface area contributed by atoms with Crippen LogP contribution in [-0.2, 0) is 19.1 Å². The van der Waals surface area contributed by atoms with Crippen LogP contribution >= 0.6 is 11.8 Å². The van der Waals surface area contributed by atoms with Gasteiger partial charge < -0.3 is 9.47 Å². The Kier molecular flexibility index (Phi) is 7.21. The van der Waals surface area contributed by atoms with Crippen molar-refractivity contribution in [2.45, 2.75) is 25.5 Å². The van der Waals surface area contributed by atoms with Crippen LogP contribution in [0, 0.1) is 5.92 Å². The van der Waals surface area contributed by atoms with Gasteiger partial charge in [0.1, 0.15) is 5.25 Å². The second-order valence-electron chi connectivity index (χ2n) is 2.95. The molecular weight excluding hydrogens is 216 g/mol. The molecule has 4 nitrogen and oxygen atoms in total. The molecule has 5 heteroatoms. The molecule has 0 aliphatic carbocycles. The third-order valence-corrected chi connectivity index (χ3v) is 3.11. The highest BCUT2D eigenvalue weighted by atomic mass is 32.2. The molecule has 0 saturated carbocycles. The van der Waals surface area contributed by atoms with Crippen LogP contribution in [0.15, 0.2) is 0 Å². The van der Waals surface area contributed by atoms with Gasteiger partial charge in [-0.25, -0.2) is 0 Å². The highest BCUT2D eigenvalue weighted by Crippen LogP contribution is 2.23. The van der Waals surface area contributed by atoms with Crippen molar-refractivity contribution in [1.29, 1.82) is 0 Å². The topological polar surface area (TPSA) is 52.6 Å². The Morgan fingerprint density at radius 2 is 1.87 bits per heavy atom. The van der Waals surface area contributed by atoms with Crippen LogP contribution in [0.5, 0.6) is 0 Å². The second-order valence-corrected chi connectivity index (χ2v) is 3.93. The molecule has 0 aromatic carbocycles. The summed E-state index contributed by atoms with van der Waals surface area (Å²) in [6.45, 7) is 3.92. The van der Waals surface area contributed by atoms with E-state index in [1.54, 1.807) is 13.2 Å². The molecule has 0 radical (unpaired) electrons. The summed E-state index contributed by atoms with van der Waals surface area (Å²) >= 11 is 1.32. The summed E-state index contributed by atoms with van der Waals surface area (Å²) in [4.78, 5) is 23.0. The van der Waals surface area contributed by atoms with Crippen LogP contribution in [0.25, 0.3) is 0 Å². The van der Waals surface area contributed by atoms with E-state index in [1.165, 1.54) is 18.9 Å². The van der Waals surface area contributed by atoms with E-state index in [0.717, 1.165) is 0 Å². The minimum Gasteiger partial charge on any atom is -0.469 e. The largest absolute Gasteiger partial charge is 0.469 e. The maximum absolute atomic E-state index is 11.5. The van der Waals surface area contributed by atoms with Gasteiger partial charge in [-0.2, -0.15) is 0 Å². The molecule has 15 heavy (non-hydrogen) atoms. The number of ether oxygens (including phenoxy) is 2. The van der Waals surface area contributed by atoms with Crippen molar-refractivity contribution in [3.05, 3.63) is 0 Å². The summed E-state index contributed by atoms with van der Waals surface area (Å²) in [5, 5.41) is -0.470. The predicted molar refractivity (Wildman–Crippen MR) is 59.7 cm³/mol. The smallest absolute Gasteiger partial charge is 0.319 e. The molecule has 0 rings (SSSR count). The third kappa shape index (κ3) is 4.11. The zero-order valence-electron chi connectivity index (χ0n) is 9.61. The molecule has 0 aromatic heterocycles. The molecule has 0 bridgehead atoms. The van der Waals surface area contributed by atoms with Gasteiger partial charge in [0.25, 0.3) is 0 Å². The van der Waals surface area contributed by atoms with Crippen molar-refractivity contribution < 1.29 is 19.1 Å². The minimum atomic E-state index is -0.470. The fourth-order valence-corrected chi connectivity index (χ4v) is 2.20. The summed E-state index contributed by atoms with van der Waals surface area (Å²) < 4.78 is 9.56. The van der Waals surface area contributed by atoms with Crippen LogP contribution in [0.4, 0.5) is 0 Å². The van der Waals surface area contributed by atoms with Gasteiger partial charge in [-0.3, -0.25) is 9.59 Å². The molecule has 0 saturated heterocycles. The van der Waals surface area contributed by atoms with E-state index in [2.05, 4.69) is 4.74 Å². The lowest BCUT2D eigenvalue weighted by molar-refractivity contribution is -0.152. The Morgan fingerprint density at radius 3 is 2.20 bits per heavy atom. The Balaban J connectivity index is 4.60. The molecule has 0 aromatic rings. The first kappa shape index (κ1) is 14.3. The Labute approximate surface area is 94.7 Å². The highest BCUT2D eigenvalue weighted by Gasteiger charge is 2.33. The fraction of sp³-hybridized carbons (Fsp3) is 0.800. The average Bonchev–Trinajstić information content (AvgIpc) is 2.24. The van der Waals surface area contributed by atoms with Gasteiger partial charge in [0.2, 0.25) is 0 Å². The molecular formula is C10H18O4S. The summed E-state index contributed by atoms with van der Waals surface area (Å²) in [6.07, 6.45) is 2.35. The maximum atomic E-state index is 11.5. The first-order valence-electron chi connectivity index (χ1n) is 4.89. The molecule has 0 aliphatic heterocycles. The van der Waals surface area contributed by atoms with Crippen molar-refractivity contribution in [2.24, 2.45) is 5.92 Å². The van der Waals surface area contributed by atoms with E-state index in [-0.39, 0.29) is 11.9 Å². The molecule has 0 fully saturated rings. The number of carbonyl (C=O) groups excluding carboxylic acids is 2. The SMILES string of the molecule is CCOC(=O)[C@@H](SC)[C@@H](CC)C(=O)OC. The molecule has 0 amide bonds. The maximum Gasteiger partial charge on any atom is 0.319 e. The number of thioether (sulfide) groups is 1. The van der Waals surface area contributed by atoms with Crippen molar-refractivity contribution in [3.63, 3.8) is 0 Å². The number of esters is 2. The molecule has 0 heterocycles. The van der Waals surface area contributed by atoms with Gasteiger partial charge in [0, 0.05) is 0 Å².